The van der Waals surface area contributed by atoms with Crippen molar-refractivity contribution in [1.29, 1.82) is 0 Å². The number of hydrogen-bond acceptors (Lipinski definition) is 6. The second-order valence-electron chi connectivity index (χ2n) is 3.40. The summed E-state index contributed by atoms with van der Waals surface area (Å²) in [5.74, 6) is 0.0604. The van der Waals surface area contributed by atoms with Crippen LogP contribution in [0.5, 0.6) is 0 Å². The molecule has 0 spiro atoms. The van der Waals surface area contributed by atoms with Crippen LogP contribution in [0.25, 0.3) is 0 Å². The Hall–Kier alpha value is -1.12. The summed E-state index contributed by atoms with van der Waals surface area (Å²) in [6.07, 6.45) is 0. The highest BCUT2D eigenvalue weighted by atomic mass is 79.9. The maximum Gasteiger partial charge on any atom is 0.265 e. The molecule has 2 aromatic heterocycles. The van der Waals surface area contributed by atoms with Crippen LogP contribution in [0.1, 0.15) is 14.5 Å². The minimum absolute atomic E-state index is 0.198. The fourth-order valence-corrected chi connectivity index (χ4v) is 3.44. The molecule has 0 bridgehead atoms. The van der Waals surface area contributed by atoms with Gasteiger partial charge in [-0.2, -0.15) is 0 Å². The van der Waals surface area contributed by atoms with Crippen LogP contribution >= 0.6 is 38.6 Å². The number of nitrogens with zero attached hydrogens (tertiary/aromatic N) is 1. The summed E-state index contributed by atoms with van der Waals surface area (Å²) >= 11 is 6.20. The van der Waals surface area contributed by atoms with Crippen molar-refractivity contribution in [3.63, 3.8) is 0 Å². The lowest BCUT2D eigenvalue weighted by molar-refractivity contribution is 0.0956. The summed E-state index contributed by atoms with van der Waals surface area (Å²) in [5.41, 5.74) is 5.68. The summed E-state index contributed by atoms with van der Waals surface area (Å²) in [4.78, 5) is 17.5. The van der Waals surface area contributed by atoms with Gasteiger partial charge in [-0.1, -0.05) is 11.3 Å². The number of thiophene rings is 1. The Labute approximate surface area is 121 Å². The molecule has 0 atom stereocenters. The van der Waals surface area contributed by atoms with Crippen LogP contribution in [-0.4, -0.2) is 17.9 Å². The van der Waals surface area contributed by atoms with Crippen LogP contribution in [0.15, 0.2) is 15.9 Å². The smallest absolute Gasteiger partial charge is 0.265 e. The molecule has 4 N–H and O–H groups in total. The number of halogens is 1. The second-order valence-corrected chi connectivity index (χ2v) is 6.31. The van der Waals surface area contributed by atoms with E-state index >= 15 is 0 Å². The lowest BCUT2D eigenvalue weighted by atomic mass is 10.4. The molecule has 0 saturated heterocycles. The Bertz CT molecular complexity index is 566. The average Bonchev–Trinajstić information content (AvgIpc) is 2.92. The number of nitrogens with two attached hydrogens (primary N) is 1. The van der Waals surface area contributed by atoms with Gasteiger partial charge in [-0.3, -0.25) is 4.79 Å². The summed E-state index contributed by atoms with van der Waals surface area (Å²) in [7, 11) is 1.74. The van der Waals surface area contributed by atoms with Gasteiger partial charge in [0.25, 0.3) is 5.91 Å². The molecule has 2 rings (SSSR count). The van der Waals surface area contributed by atoms with Crippen LogP contribution in [0, 0.1) is 0 Å². The molecule has 8 heteroatoms. The Balaban J connectivity index is 2.01. The standard InChI is InChI=1S/C10H11BrN4OS2/c1-13-10-15-8(12)7(18-10)9(16)14-3-6-2-5(11)4-17-6/h2,4H,3,12H2,1H3,(H,13,15)(H,14,16). The van der Waals surface area contributed by atoms with Crippen molar-refractivity contribution in [3.8, 4) is 0 Å². The molecule has 96 valence electrons. The first kappa shape index (κ1) is 13.3. The van der Waals surface area contributed by atoms with Crippen molar-refractivity contribution in [3.05, 3.63) is 25.7 Å². The number of anilines is 2. The van der Waals surface area contributed by atoms with Gasteiger partial charge in [0, 0.05) is 21.8 Å². The summed E-state index contributed by atoms with van der Waals surface area (Å²) < 4.78 is 1.02. The number of aromatic nitrogens is 1. The van der Waals surface area contributed by atoms with Crippen LogP contribution in [0.4, 0.5) is 10.9 Å². The van der Waals surface area contributed by atoms with E-state index in [1.54, 1.807) is 18.4 Å². The van der Waals surface area contributed by atoms with Gasteiger partial charge in [0.15, 0.2) is 5.13 Å². The van der Waals surface area contributed by atoms with Crippen LogP contribution in [0.3, 0.4) is 0 Å². The fourth-order valence-electron chi connectivity index (χ4n) is 1.30. The van der Waals surface area contributed by atoms with Crippen molar-refractivity contribution in [2.75, 3.05) is 18.1 Å². The van der Waals surface area contributed by atoms with Gasteiger partial charge in [0.2, 0.25) is 0 Å². The summed E-state index contributed by atoms with van der Waals surface area (Å²) in [6, 6.07) is 1.97. The average molecular weight is 347 g/mol. The van der Waals surface area contributed by atoms with Gasteiger partial charge in [0.05, 0.1) is 6.54 Å². The molecular weight excluding hydrogens is 336 g/mol. The molecule has 18 heavy (non-hydrogen) atoms. The number of carbonyl (C=O) groups is 1. The second kappa shape index (κ2) is 5.68. The van der Waals surface area contributed by atoms with E-state index in [1.807, 2.05) is 11.4 Å². The molecule has 0 saturated carbocycles. The van der Waals surface area contributed by atoms with Crippen molar-refractivity contribution in [1.82, 2.24) is 10.3 Å². The monoisotopic (exact) mass is 346 g/mol. The number of nitrogen functional groups attached to an aromatic ring is 1. The van der Waals surface area contributed by atoms with Gasteiger partial charge in [0.1, 0.15) is 10.7 Å². The molecule has 0 fully saturated rings. The van der Waals surface area contributed by atoms with Crippen LogP contribution in [0.2, 0.25) is 0 Å². The van der Waals surface area contributed by atoms with Crippen molar-refractivity contribution in [2.45, 2.75) is 6.54 Å². The Morgan fingerprint density at radius 3 is 2.94 bits per heavy atom. The topological polar surface area (TPSA) is 80.0 Å². The van der Waals surface area contributed by atoms with E-state index in [1.165, 1.54) is 11.3 Å². The highest BCUT2D eigenvalue weighted by Crippen LogP contribution is 2.24. The molecule has 2 heterocycles. The van der Waals surface area contributed by atoms with Crippen LogP contribution in [-0.2, 0) is 6.54 Å². The highest BCUT2D eigenvalue weighted by molar-refractivity contribution is 9.10. The zero-order valence-electron chi connectivity index (χ0n) is 9.49. The first-order valence-electron chi connectivity index (χ1n) is 5.05. The van der Waals surface area contributed by atoms with Crippen molar-refractivity contribution >= 4 is 55.5 Å². The molecule has 0 radical (unpaired) electrons. The predicted octanol–water partition coefficient (Wildman–Crippen LogP) is 2.52. The Morgan fingerprint density at radius 2 is 2.39 bits per heavy atom. The number of thiazole rings is 1. The minimum Gasteiger partial charge on any atom is -0.382 e. The first-order valence-corrected chi connectivity index (χ1v) is 7.54. The van der Waals surface area contributed by atoms with Gasteiger partial charge >= 0.3 is 0 Å². The number of nitrogens with one attached hydrogen (secondary N) is 2. The predicted molar refractivity (Wildman–Crippen MR) is 79.3 cm³/mol. The van der Waals surface area contributed by atoms with E-state index in [0.717, 1.165) is 9.35 Å². The summed E-state index contributed by atoms with van der Waals surface area (Å²) in [5, 5.41) is 8.29. The number of carbonyl (C=O) groups excluding carboxylic acids is 1. The lowest BCUT2D eigenvalue weighted by Gasteiger charge is -2.01. The maximum absolute atomic E-state index is 11.9. The molecule has 0 aliphatic heterocycles. The Kier molecular flexibility index (Phi) is 4.20. The molecule has 2 aromatic rings. The highest BCUT2D eigenvalue weighted by Gasteiger charge is 2.15. The molecule has 0 aliphatic carbocycles. The van der Waals surface area contributed by atoms with E-state index in [-0.39, 0.29) is 11.7 Å². The van der Waals surface area contributed by atoms with Gasteiger partial charge in [-0.25, -0.2) is 4.98 Å². The number of hydrogen-bond donors (Lipinski definition) is 3. The van der Waals surface area contributed by atoms with E-state index in [9.17, 15) is 4.79 Å². The molecule has 0 aromatic carbocycles. The zero-order chi connectivity index (χ0) is 13.1. The van der Waals surface area contributed by atoms with E-state index < -0.39 is 0 Å². The van der Waals surface area contributed by atoms with E-state index in [4.69, 9.17) is 5.73 Å². The number of amides is 1. The van der Waals surface area contributed by atoms with Crippen molar-refractivity contribution < 1.29 is 4.79 Å². The largest absolute Gasteiger partial charge is 0.382 e. The molecule has 0 unspecified atom stereocenters. The van der Waals surface area contributed by atoms with E-state index in [0.29, 0.717) is 16.6 Å². The SMILES string of the molecule is CNc1nc(N)c(C(=O)NCc2cc(Br)cs2)s1. The minimum atomic E-state index is -0.198. The third-order valence-corrected chi connectivity index (χ3v) is 4.90. The maximum atomic E-state index is 11.9. The van der Waals surface area contributed by atoms with Gasteiger partial charge in [-0.05, 0) is 22.0 Å². The molecular formula is C10H11BrN4OS2. The third-order valence-electron chi connectivity index (χ3n) is 2.12. The molecule has 5 nitrogen and oxygen atoms in total. The first-order chi connectivity index (χ1) is 8.60. The van der Waals surface area contributed by atoms with Crippen LogP contribution < -0.4 is 16.4 Å². The lowest BCUT2D eigenvalue weighted by Crippen LogP contribution is -2.22. The van der Waals surface area contributed by atoms with E-state index in [2.05, 4.69) is 31.5 Å². The number of rotatable bonds is 4. The quantitative estimate of drug-likeness (QED) is 0.794. The summed E-state index contributed by atoms with van der Waals surface area (Å²) in [6.45, 7) is 0.487. The third kappa shape index (κ3) is 3.01. The Morgan fingerprint density at radius 1 is 1.61 bits per heavy atom. The zero-order valence-corrected chi connectivity index (χ0v) is 12.7. The van der Waals surface area contributed by atoms with Gasteiger partial charge in [-0.15, -0.1) is 11.3 Å². The molecule has 0 aliphatic rings. The fraction of sp³-hybridized carbons (Fsp3) is 0.200. The normalized spacial score (nSPS) is 10.3. The van der Waals surface area contributed by atoms with Crippen molar-refractivity contribution in [2.24, 2.45) is 0 Å². The molecule has 1 amide bonds. The van der Waals surface area contributed by atoms with Gasteiger partial charge < -0.3 is 16.4 Å².